The Balaban J connectivity index is 2.29. The van der Waals surface area contributed by atoms with Crippen molar-refractivity contribution in [2.45, 2.75) is 32.1 Å². The fourth-order valence-electron chi connectivity index (χ4n) is 2.60. The molecule has 0 aliphatic carbocycles. The number of carbonyl (C=O) groups is 2. The van der Waals surface area contributed by atoms with Gasteiger partial charge in [0.15, 0.2) is 0 Å². The maximum atomic E-state index is 11.7. The Bertz CT molecular complexity index is 333. The van der Waals surface area contributed by atoms with Gasteiger partial charge < -0.3 is 20.4 Å². The van der Waals surface area contributed by atoms with E-state index in [1.807, 2.05) is 13.8 Å². The fourth-order valence-corrected chi connectivity index (χ4v) is 2.60. The van der Waals surface area contributed by atoms with Crippen LogP contribution in [0.25, 0.3) is 0 Å². The third-order valence-corrected chi connectivity index (χ3v) is 3.79. The second-order valence-electron chi connectivity index (χ2n) is 4.67. The van der Waals surface area contributed by atoms with E-state index in [4.69, 9.17) is 0 Å². The molecule has 0 unspecified atom stereocenters. The van der Waals surface area contributed by atoms with Gasteiger partial charge in [0.05, 0.1) is 0 Å². The third-order valence-electron chi connectivity index (χ3n) is 3.79. The molecule has 2 heterocycles. The highest BCUT2D eigenvalue weighted by Crippen LogP contribution is 2.27. The number of rotatable bonds is 0. The average molecular weight is 226 g/mol. The summed E-state index contributed by atoms with van der Waals surface area (Å²) in [5.74, 6) is 0.199. The van der Waals surface area contributed by atoms with E-state index in [1.165, 1.54) is 0 Å². The summed E-state index contributed by atoms with van der Waals surface area (Å²) in [6.45, 7) is 3.99. The minimum atomic E-state index is -0.206. The molecular weight excluding hydrogens is 208 g/mol. The first-order chi connectivity index (χ1) is 7.43. The molecule has 2 rings (SSSR count). The van der Waals surface area contributed by atoms with Crippen LogP contribution in [0.4, 0.5) is 9.59 Å². The second-order valence-corrected chi connectivity index (χ2v) is 4.67. The van der Waals surface area contributed by atoms with Gasteiger partial charge in [-0.2, -0.15) is 0 Å². The zero-order valence-electron chi connectivity index (χ0n) is 10.0. The molecule has 0 radical (unpaired) electrons. The van der Waals surface area contributed by atoms with E-state index >= 15 is 0 Å². The molecule has 2 aliphatic heterocycles. The van der Waals surface area contributed by atoms with Gasteiger partial charge in [0.1, 0.15) is 6.17 Å². The second kappa shape index (κ2) is 3.54. The highest BCUT2D eigenvalue weighted by atomic mass is 16.2. The van der Waals surface area contributed by atoms with Crippen LogP contribution in [0, 0.1) is 5.92 Å². The summed E-state index contributed by atoms with van der Waals surface area (Å²) in [6, 6.07) is -0.0862. The van der Waals surface area contributed by atoms with Gasteiger partial charge in [0.25, 0.3) is 0 Å². The summed E-state index contributed by atoms with van der Waals surface area (Å²) in [5, 5.41) is 5.76. The molecule has 0 spiro atoms. The Hall–Kier alpha value is -1.46. The molecule has 90 valence electrons. The van der Waals surface area contributed by atoms with Crippen LogP contribution in [0.2, 0.25) is 0 Å². The van der Waals surface area contributed by atoms with E-state index in [0.717, 1.165) is 0 Å². The largest absolute Gasteiger partial charge is 0.335 e. The highest BCUT2D eigenvalue weighted by Gasteiger charge is 2.47. The van der Waals surface area contributed by atoms with Gasteiger partial charge in [-0.05, 0) is 13.8 Å². The Morgan fingerprint density at radius 2 is 1.56 bits per heavy atom. The van der Waals surface area contributed by atoms with E-state index in [1.54, 1.807) is 23.9 Å². The maximum absolute atomic E-state index is 11.7. The standard InChI is InChI=1S/C10H18N4O2/c1-5-7-6(2)13(3)10(16)12-8(7)14(4)9(15)11-5/h5-8H,1-4H3,(H,11,15)(H,12,16)/t5-,6+,7+,8+/m0/s1. The first-order valence-electron chi connectivity index (χ1n) is 5.50. The number of nitrogens with zero attached hydrogens (tertiary/aromatic N) is 2. The SMILES string of the molecule is C[C@@H]1NC(=O)N(C)[C@H]2NC(=O)N(C)[C@H](C)[C@@H]12. The molecule has 0 saturated carbocycles. The lowest BCUT2D eigenvalue weighted by Crippen LogP contribution is -2.73. The number of fused-ring (bicyclic) bond motifs is 1. The molecule has 2 N–H and O–H groups in total. The highest BCUT2D eigenvalue weighted by molar-refractivity contribution is 5.80. The smallest absolute Gasteiger partial charge is 0.319 e. The Morgan fingerprint density at radius 1 is 1.00 bits per heavy atom. The topological polar surface area (TPSA) is 64.7 Å². The lowest BCUT2D eigenvalue weighted by atomic mass is 9.86. The zero-order valence-corrected chi connectivity index (χ0v) is 10.0. The summed E-state index contributed by atoms with van der Waals surface area (Å²) >= 11 is 0. The lowest BCUT2D eigenvalue weighted by Gasteiger charge is -2.51. The average Bonchev–Trinajstić information content (AvgIpc) is 2.22. The van der Waals surface area contributed by atoms with Crippen LogP contribution in [0.15, 0.2) is 0 Å². The molecule has 0 bridgehead atoms. The minimum Gasteiger partial charge on any atom is -0.335 e. The zero-order chi connectivity index (χ0) is 12.0. The quantitative estimate of drug-likeness (QED) is 0.611. The van der Waals surface area contributed by atoms with Gasteiger partial charge in [0, 0.05) is 32.1 Å². The van der Waals surface area contributed by atoms with Gasteiger partial charge in [-0.25, -0.2) is 9.59 Å². The van der Waals surface area contributed by atoms with Crippen molar-refractivity contribution in [3.8, 4) is 0 Å². The summed E-state index contributed by atoms with van der Waals surface area (Å²) in [6.07, 6.45) is -0.206. The Morgan fingerprint density at radius 3 is 2.19 bits per heavy atom. The lowest BCUT2D eigenvalue weighted by molar-refractivity contribution is 0.0318. The van der Waals surface area contributed by atoms with Crippen LogP contribution in [0.1, 0.15) is 13.8 Å². The Labute approximate surface area is 95.0 Å². The van der Waals surface area contributed by atoms with Crippen molar-refractivity contribution in [1.82, 2.24) is 20.4 Å². The van der Waals surface area contributed by atoms with Gasteiger partial charge in [-0.15, -0.1) is 0 Å². The number of hydrogen-bond acceptors (Lipinski definition) is 2. The molecular formula is C10H18N4O2. The van der Waals surface area contributed by atoms with Crippen molar-refractivity contribution >= 4 is 12.1 Å². The van der Waals surface area contributed by atoms with Gasteiger partial charge in [0.2, 0.25) is 0 Å². The molecule has 0 aromatic carbocycles. The van der Waals surface area contributed by atoms with Crippen LogP contribution in [-0.2, 0) is 0 Å². The van der Waals surface area contributed by atoms with Gasteiger partial charge in [-0.3, -0.25) is 0 Å². The van der Waals surface area contributed by atoms with Crippen molar-refractivity contribution in [3.63, 3.8) is 0 Å². The number of urea groups is 2. The van der Waals surface area contributed by atoms with E-state index in [9.17, 15) is 9.59 Å². The van der Waals surface area contributed by atoms with Crippen molar-refractivity contribution < 1.29 is 9.59 Å². The molecule has 2 saturated heterocycles. The number of hydrogen-bond donors (Lipinski definition) is 2. The third kappa shape index (κ3) is 1.40. The molecule has 4 amide bonds. The number of nitrogens with one attached hydrogen (secondary N) is 2. The predicted octanol–water partition coefficient (Wildman–Crippen LogP) is 0.0157. The van der Waals surface area contributed by atoms with Crippen LogP contribution < -0.4 is 10.6 Å². The monoisotopic (exact) mass is 226 g/mol. The normalized spacial score (nSPS) is 39.0. The summed E-state index contributed by atoms with van der Waals surface area (Å²) in [5.41, 5.74) is 0. The molecule has 6 nitrogen and oxygen atoms in total. The fraction of sp³-hybridized carbons (Fsp3) is 0.800. The number of amides is 4. The molecule has 6 heteroatoms. The van der Waals surface area contributed by atoms with Crippen LogP contribution in [0.3, 0.4) is 0 Å². The first-order valence-corrected chi connectivity index (χ1v) is 5.50. The predicted molar refractivity (Wildman–Crippen MR) is 58.8 cm³/mol. The van der Waals surface area contributed by atoms with E-state index in [-0.39, 0.29) is 36.2 Å². The summed E-state index contributed by atoms with van der Waals surface area (Å²) < 4.78 is 0. The molecule has 2 fully saturated rings. The van der Waals surface area contributed by atoms with Crippen LogP contribution >= 0.6 is 0 Å². The molecule has 2 aliphatic rings. The minimum absolute atomic E-state index is 0.0618. The molecule has 4 atom stereocenters. The van der Waals surface area contributed by atoms with Crippen molar-refractivity contribution in [1.29, 1.82) is 0 Å². The van der Waals surface area contributed by atoms with Crippen molar-refractivity contribution in [2.75, 3.05) is 14.1 Å². The Kier molecular flexibility index (Phi) is 2.44. The molecule has 0 aromatic heterocycles. The maximum Gasteiger partial charge on any atom is 0.319 e. The van der Waals surface area contributed by atoms with Gasteiger partial charge >= 0.3 is 12.1 Å². The molecule has 16 heavy (non-hydrogen) atoms. The van der Waals surface area contributed by atoms with Crippen LogP contribution in [0.5, 0.6) is 0 Å². The number of carbonyl (C=O) groups excluding carboxylic acids is 2. The summed E-state index contributed by atoms with van der Waals surface area (Å²) in [4.78, 5) is 26.5. The van der Waals surface area contributed by atoms with E-state index in [0.29, 0.717) is 0 Å². The van der Waals surface area contributed by atoms with Crippen LogP contribution in [-0.4, -0.2) is 54.2 Å². The first kappa shape index (κ1) is 11.0. The van der Waals surface area contributed by atoms with E-state index < -0.39 is 0 Å². The van der Waals surface area contributed by atoms with Crippen molar-refractivity contribution in [2.24, 2.45) is 5.92 Å². The van der Waals surface area contributed by atoms with Gasteiger partial charge in [-0.1, -0.05) is 0 Å². The summed E-state index contributed by atoms with van der Waals surface area (Å²) in [7, 11) is 3.48. The van der Waals surface area contributed by atoms with E-state index in [2.05, 4.69) is 10.6 Å². The van der Waals surface area contributed by atoms with Crippen molar-refractivity contribution in [3.05, 3.63) is 0 Å². The molecule has 0 aromatic rings.